The van der Waals surface area contributed by atoms with Crippen molar-refractivity contribution in [2.45, 2.75) is 33.1 Å². The van der Waals surface area contributed by atoms with Gasteiger partial charge in [-0.05, 0) is 43.3 Å². The molecule has 2 unspecified atom stereocenters. The van der Waals surface area contributed by atoms with E-state index in [0.717, 1.165) is 37.8 Å². The van der Waals surface area contributed by atoms with E-state index in [4.69, 9.17) is 22.2 Å². The fraction of sp³-hybridized carbons (Fsp3) is 0.632. The van der Waals surface area contributed by atoms with E-state index in [0.29, 0.717) is 29.4 Å². The largest absolute Gasteiger partial charge is 0.359 e. The highest BCUT2D eigenvalue weighted by atomic mass is 32.1. The number of nitrogens with one attached hydrogen (secondary N) is 2. The van der Waals surface area contributed by atoms with Crippen LogP contribution < -0.4 is 20.4 Å². The molecule has 2 N–H and O–H groups in total. The van der Waals surface area contributed by atoms with Crippen LogP contribution in [0.1, 0.15) is 33.1 Å². The summed E-state index contributed by atoms with van der Waals surface area (Å²) in [6.45, 7) is 13.2. The molecule has 3 rings (SSSR count). The van der Waals surface area contributed by atoms with Crippen LogP contribution in [0.2, 0.25) is 0 Å². The zero-order valence-electron chi connectivity index (χ0n) is 15.9. The topological polar surface area (TPSA) is 56.3 Å². The first-order valence-electron chi connectivity index (χ1n) is 9.60. The Hall–Kier alpha value is -1.89. The van der Waals surface area contributed by atoms with Gasteiger partial charge in [-0.2, -0.15) is 9.97 Å². The van der Waals surface area contributed by atoms with Crippen LogP contribution in [0.5, 0.6) is 0 Å². The molecule has 2 aliphatic heterocycles. The van der Waals surface area contributed by atoms with E-state index in [1.807, 2.05) is 0 Å². The second kappa shape index (κ2) is 8.66. The molecule has 6 nitrogen and oxygen atoms in total. The minimum atomic E-state index is 0.523. The zero-order chi connectivity index (χ0) is 18.5. The van der Waals surface area contributed by atoms with E-state index in [9.17, 15) is 0 Å². The van der Waals surface area contributed by atoms with Crippen LogP contribution in [-0.2, 0) is 0 Å². The Morgan fingerprint density at radius 1 is 1.19 bits per heavy atom. The highest BCUT2D eigenvalue weighted by molar-refractivity contribution is 7.80. The third kappa shape index (κ3) is 4.84. The molecule has 0 spiro atoms. The van der Waals surface area contributed by atoms with Gasteiger partial charge in [0.05, 0.1) is 0 Å². The average Bonchev–Trinajstić information content (AvgIpc) is 3.13. The molecule has 0 bridgehead atoms. The lowest BCUT2D eigenvalue weighted by Gasteiger charge is -2.36. The minimum Gasteiger partial charge on any atom is -0.359 e. The Morgan fingerprint density at radius 2 is 1.81 bits per heavy atom. The van der Waals surface area contributed by atoms with E-state index in [1.165, 1.54) is 19.3 Å². The fourth-order valence-corrected chi connectivity index (χ4v) is 4.08. The number of rotatable bonds is 5. The molecule has 142 valence electrons. The summed E-state index contributed by atoms with van der Waals surface area (Å²) in [6.07, 6.45) is 5.50. The monoisotopic (exact) mass is 374 g/mol. The summed E-state index contributed by atoms with van der Waals surface area (Å²) in [5, 5.41) is 6.74. The minimum absolute atomic E-state index is 0.523. The second-order valence-electron chi connectivity index (χ2n) is 7.58. The molecule has 1 aromatic rings. The lowest BCUT2D eigenvalue weighted by atomic mass is 9.92. The molecule has 1 aromatic heterocycles. The van der Waals surface area contributed by atoms with Crippen molar-refractivity contribution in [1.82, 2.24) is 15.3 Å². The number of aromatic nitrogens is 2. The second-order valence-corrected chi connectivity index (χ2v) is 7.99. The molecule has 3 heterocycles. The summed E-state index contributed by atoms with van der Waals surface area (Å²) in [7, 11) is 0. The summed E-state index contributed by atoms with van der Waals surface area (Å²) in [5.74, 6) is 3.91. The Balaban J connectivity index is 1.84. The third-order valence-corrected chi connectivity index (χ3v) is 5.20. The van der Waals surface area contributed by atoms with E-state index in [1.54, 1.807) is 6.08 Å². The molecule has 0 aliphatic carbocycles. The van der Waals surface area contributed by atoms with E-state index in [-0.39, 0.29) is 0 Å². The van der Waals surface area contributed by atoms with Crippen molar-refractivity contribution in [3.63, 3.8) is 0 Å². The maximum absolute atomic E-state index is 5.34. The van der Waals surface area contributed by atoms with Gasteiger partial charge in [-0.1, -0.05) is 19.9 Å². The van der Waals surface area contributed by atoms with Crippen molar-refractivity contribution >= 4 is 34.9 Å². The standard InChI is InChI=1S/C19H30N6S/c1-4-7-20-19(26)23-18-21-16(24-8-5-6-9-24)11-17(22-18)25-12-14(2)10-15(3)13-25/h4,11,14-15H,1,5-10,12-13H2,2-3H3,(H2,20,21,22,23,26). The van der Waals surface area contributed by atoms with Gasteiger partial charge in [-0.3, -0.25) is 0 Å². The lowest BCUT2D eigenvalue weighted by molar-refractivity contribution is 0.355. The molecule has 0 saturated carbocycles. The molecule has 2 saturated heterocycles. The predicted octanol–water partition coefficient (Wildman–Crippen LogP) is 3.03. The van der Waals surface area contributed by atoms with Gasteiger partial charge >= 0.3 is 0 Å². The van der Waals surface area contributed by atoms with Crippen molar-refractivity contribution < 1.29 is 0 Å². The third-order valence-electron chi connectivity index (χ3n) is 4.95. The molecular formula is C19H30N6S. The van der Waals surface area contributed by atoms with Crippen molar-refractivity contribution in [3.8, 4) is 0 Å². The smallest absolute Gasteiger partial charge is 0.232 e. The number of hydrogen-bond donors (Lipinski definition) is 2. The molecule has 2 aliphatic rings. The van der Waals surface area contributed by atoms with Gasteiger partial charge in [0.25, 0.3) is 0 Å². The summed E-state index contributed by atoms with van der Waals surface area (Å²) in [6, 6.07) is 2.14. The van der Waals surface area contributed by atoms with Crippen LogP contribution in [0.25, 0.3) is 0 Å². The summed E-state index contributed by atoms with van der Waals surface area (Å²) < 4.78 is 0. The zero-order valence-corrected chi connectivity index (χ0v) is 16.7. The first-order chi connectivity index (χ1) is 12.5. The molecule has 26 heavy (non-hydrogen) atoms. The summed E-state index contributed by atoms with van der Waals surface area (Å²) in [5.41, 5.74) is 0. The Bertz CT molecular complexity index is 633. The van der Waals surface area contributed by atoms with E-state index in [2.05, 4.69) is 46.9 Å². The number of hydrogen-bond acceptors (Lipinski definition) is 5. The van der Waals surface area contributed by atoms with Crippen LogP contribution in [0, 0.1) is 11.8 Å². The van der Waals surface area contributed by atoms with Crippen molar-refractivity contribution in [2.75, 3.05) is 47.8 Å². The van der Waals surface area contributed by atoms with Crippen molar-refractivity contribution in [3.05, 3.63) is 18.7 Å². The van der Waals surface area contributed by atoms with Gasteiger partial charge in [-0.25, -0.2) is 0 Å². The maximum Gasteiger partial charge on any atom is 0.232 e. The number of piperidine rings is 1. The van der Waals surface area contributed by atoms with Gasteiger partial charge in [0.1, 0.15) is 11.6 Å². The van der Waals surface area contributed by atoms with Crippen LogP contribution >= 0.6 is 12.2 Å². The lowest BCUT2D eigenvalue weighted by Crippen LogP contribution is -2.39. The fourth-order valence-electron chi connectivity index (χ4n) is 3.91. The molecule has 2 fully saturated rings. The highest BCUT2D eigenvalue weighted by Crippen LogP contribution is 2.29. The van der Waals surface area contributed by atoms with Crippen molar-refractivity contribution in [1.29, 1.82) is 0 Å². The van der Waals surface area contributed by atoms with Crippen LogP contribution in [0.3, 0.4) is 0 Å². The Kier molecular flexibility index (Phi) is 6.29. The predicted molar refractivity (Wildman–Crippen MR) is 113 cm³/mol. The van der Waals surface area contributed by atoms with Gasteiger partial charge in [-0.15, -0.1) is 6.58 Å². The molecule has 0 radical (unpaired) electrons. The number of thiocarbonyl (C=S) groups is 1. The highest BCUT2D eigenvalue weighted by Gasteiger charge is 2.25. The molecule has 2 atom stereocenters. The SMILES string of the molecule is C=CCNC(=S)Nc1nc(N2CCCC2)cc(N2CC(C)CC(C)C2)n1. The van der Waals surface area contributed by atoms with E-state index < -0.39 is 0 Å². The average molecular weight is 375 g/mol. The van der Waals surface area contributed by atoms with Gasteiger partial charge in [0, 0.05) is 38.8 Å². The maximum atomic E-state index is 5.34. The molecule has 0 aromatic carbocycles. The Labute approximate surface area is 162 Å². The normalized spacial score (nSPS) is 23.0. The quantitative estimate of drug-likeness (QED) is 0.607. The number of anilines is 3. The van der Waals surface area contributed by atoms with Gasteiger partial charge in [0.2, 0.25) is 5.95 Å². The first-order valence-corrected chi connectivity index (χ1v) is 10.0. The van der Waals surface area contributed by atoms with Crippen LogP contribution in [0.15, 0.2) is 18.7 Å². The summed E-state index contributed by atoms with van der Waals surface area (Å²) >= 11 is 5.34. The molecule has 0 amide bonds. The van der Waals surface area contributed by atoms with Crippen LogP contribution in [0.4, 0.5) is 17.6 Å². The van der Waals surface area contributed by atoms with Crippen molar-refractivity contribution in [2.24, 2.45) is 11.8 Å². The molecular weight excluding hydrogens is 344 g/mol. The first kappa shape index (κ1) is 18.9. The summed E-state index contributed by atoms with van der Waals surface area (Å²) in [4.78, 5) is 14.2. The Morgan fingerprint density at radius 3 is 2.42 bits per heavy atom. The van der Waals surface area contributed by atoms with E-state index >= 15 is 0 Å². The van der Waals surface area contributed by atoms with Crippen LogP contribution in [-0.4, -0.2) is 47.8 Å². The number of nitrogens with zero attached hydrogens (tertiary/aromatic N) is 4. The van der Waals surface area contributed by atoms with Gasteiger partial charge in [0.15, 0.2) is 5.11 Å². The molecule has 7 heteroatoms. The van der Waals surface area contributed by atoms with Gasteiger partial charge < -0.3 is 20.4 Å².